The van der Waals surface area contributed by atoms with E-state index in [4.69, 9.17) is 15.9 Å². The Hall–Kier alpha value is -1.14. The Morgan fingerprint density at radius 2 is 0.600 bits per heavy atom. The lowest BCUT2D eigenvalue weighted by Crippen LogP contribution is -2.31. The fourth-order valence-corrected chi connectivity index (χ4v) is 5.63. The molecule has 0 aliphatic heterocycles. The van der Waals surface area contributed by atoms with Gasteiger partial charge in [-0.3, -0.25) is 9.59 Å². The molecule has 238 valence electrons. The third kappa shape index (κ3) is 33.1. The maximum Gasteiger partial charge on any atom is 0.303 e. The van der Waals surface area contributed by atoms with Gasteiger partial charge in [-0.15, -0.1) is 0 Å². The predicted octanol–water partition coefficient (Wildman–Crippen LogP) is 9.34. The highest BCUT2D eigenvalue weighted by Gasteiger charge is 2.04. The number of unbranched alkanes of at least 4 members (excludes halogenated alkanes) is 24. The van der Waals surface area contributed by atoms with Crippen molar-refractivity contribution in [2.24, 2.45) is 5.73 Å². The van der Waals surface area contributed by atoms with Crippen LogP contribution in [0.5, 0.6) is 0 Å². The molecule has 6 heteroatoms. The number of aliphatic carboxylic acids is 2. The van der Waals surface area contributed by atoms with E-state index < -0.39 is 11.9 Å². The van der Waals surface area contributed by atoms with Crippen LogP contribution in [0.25, 0.3) is 0 Å². The molecule has 0 heterocycles. The molecule has 4 N–H and O–H groups in total. The van der Waals surface area contributed by atoms with E-state index in [1.54, 1.807) is 0 Å². The topological polar surface area (TPSA) is 104 Å². The van der Waals surface area contributed by atoms with Crippen LogP contribution in [0.15, 0.2) is 0 Å². The number of nitrogens with two attached hydrogens (primary N) is 1. The van der Waals surface area contributed by atoms with Crippen molar-refractivity contribution >= 4 is 11.9 Å². The van der Waals surface area contributed by atoms with Gasteiger partial charge in [-0.25, -0.2) is 0 Å². The van der Waals surface area contributed by atoms with Gasteiger partial charge < -0.3 is 20.8 Å². The van der Waals surface area contributed by atoms with Crippen molar-refractivity contribution in [3.05, 3.63) is 0 Å². The monoisotopic (exact) mass is 569 g/mol. The first-order chi connectivity index (χ1) is 19.6. The standard InChI is InChI=1S/C34H68N2O4/c35-29-32-36(30-25-21-17-13-9-5-1-3-7-11-15-19-23-27-33(37)38)31-26-22-18-14-10-6-2-4-8-12-16-20-24-28-34(39)40/h1-32,35H2,(H,37,38)(H,39,40). The van der Waals surface area contributed by atoms with Crippen LogP contribution >= 0.6 is 0 Å². The molecule has 0 aromatic rings. The van der Waals surface area contributed by atoms with E-state index in [1.807, 2.05) is 0 Å². The Morgan fingerprint density at radius 1 is 0.375 bits per heavy atom. The van der Waals surface area contributed by atoms with Crippen LogP contribution in [0.2, 0.25) is 0 Å². The largest absolute Gasteiger partial charge is 0.481 e. The van der Waals surface area contributed by atoms with Crippen molar-refractivity contribution in [3.8, 4) is 0 Å². The van der Waals surface area contributed by atoms with Crippen LogP contribution < -0.4 is 5.73 Å². The van der Waals surface area contributed by atoms with E-state index in [0.717, 1.165) is 38.8 Å². The lowest BCUT2D eigenvalue weighted by Gasteiger charge is -2.21. The zero-order chi connectivity index (χ0) is 29.4. The second-order valence-corrected chi connectivity index (χ2v) is 12.1. The van der Waals surface area contributed by atoms with Gasteiger partial charge in [0, 0.05) is 25.9 Å². The zero-order valence-corrected chi connectivity index (χ0v) is 26.4. The van der Waals surface area contributed by atoms with Gasteiger partial charge in [0.2, 0.25) is 0 Å². The summed E-state index contributed by atoms with van der Waals surface area (Å²) < 4.78 is 0. The van der Waals surface area contributed by atoms with Gasteiger partial charge >= 0.3 is 11.9 Å². The number of carbonyl (C=O) groups is 2. The number of carboxylic acids is 2. The van der Waals surface area contributed by atoms with Crippen LogP contribution in [-0.4, -0.2) is 53.2 Å². The summed E-state index contributed by atoms with van der Waals surface area (Å²) in [4.78, 5) is 23.6. The Bertz CT molecular complexity index is 500. The Kier molecular flexibility index (Phi) is 31.5. The molecule has 0 saturated carbocycles. The van der Waals surface area contributed by atoms with E-state index >= 15 is 0 Å². The predicted molar refractivity (Wildman–Crippen MR) is 170 cm³/mol. The number of nitrogens with zero attached hydrogens (tertiary/aromatic N) is 1. The minimum Gasteiger partial charge on any atom is -0.481 e. The first kappa shape index (κ1) is 38.9. The molecule has 6 nitrogen and oxygen atoms in total. The summed E-state index contributed by atoms with van der Waals surface area (Å²) in [7, 11) is 0. The van der Waals surface area contributed by atoms with Gasteiger partial charge in [-0.1, -0.05) is 141 Å². The van der Waals surface area contributed by atoms with Crippen molar-refractivity contribution in [1.29, 1.82) is 0 Å². The Labute approximate surface area is 248 Å². The molecular formula is C34H68N2O4. The molecule has 0 amide bonds. The molecule has 0 radical (unpaired) electrons. The average molecular weight is 569 g/mol. The first-order valence-electron chi connectivity index (χ1n) is 17.4. The summed E-state index contributed by atoms with van der Waals surface area (Å²) in [5.41, 5.74) is 5.87. The molecule has 0 unspecified atom stereocenters. The maximum absolute atomic E-state index is 10.5. The second-order valence-electron chi connectivity index (χ2n) is 12.1. The van der Waals surface area contributed by atoms with Crippen LogP contribution in [0.3, 0.4) is 0 Å². The molecule has 0 bridgehead atoms. The van der Waals surface area contributed by atoms with Gasteiger partial charge in [0.1, 0.15) is 0 Å². The molecule has 0 aromatic carbocycles. The lowest BCUT2D eigenvalue weighted by atomic mass is 10.0. The van der Waals surface area contributed by atoms with Crippen LogP contribution in [-0.2, 0) is 9.59 Å². The summed E-state index contributed by atoms with van der Waals surface area (Å²) in [6.45, 7) is 4.23. The highest BCUT2D eigenvalue weighted by molar-refractivity contribution is 5.66. The average Bonchev–Trinajstić information content (AvgIpc) is 2.92. The van der Waals surface area contributed by atoms with Crippen molar-refractivity contribution < 1.29 is 19.8 Å². The van der Waals surface area contributed by atoms with E-state index in [1.165, 1.54) is 154 Å². The second kappa shape index (κ2) is 32.4. The molecule has 0 atom stereocenters. The van der Waals surface area contributed by atoms with Crippen molar-refractivity contribution in [2.75, 3.05) is 26.2 Å². The normalized spacial score (nSPS) is 11.4. The summed E-state index contributed by atoms with van der Waals surface area (Å²) in [6, 6.07) is 0. The van der Waals surface area contributed by atoms with Crippen LogP contribution in [0.4, 0.5) is 0 Å². The van der Waals surface area contributed by atoms with E-state index in [0.29, 0.717) is 12.8 Å². The van der Waals surface area contributed by atoms with Gasteiger partial charge in [0.05, 0.1) is 0 Å². The molecule has 0 aliphatic rings. The SMILES string of the molecule is NCCN(CCCCCCCCCCCCCCCC(=O)O)CCCCCCCCCCCCCCCC(=O)O. The molecule has 0 aromatic heterocycles. The minimum atomic E-state index is -0.663. The molecule has 40 heavy (non-hydrogen) atoms. The number of rotatable bonds is 34. The third-order valence-electron chi connectivity index (χ3n) is 8.18. The smallest absolute Gasteiger partial charge is 0.303 e. The fourth-order valence-electron chi connectivity index (χ4n) is 5.63. The van der Waals surface area contributed by atoms with E-state index in [9.17, 15) is 9.59 Å². The lowest BCUT2D eigenvalue weighted by molar-refractivity contribution is -0.138. The van der Waals surface area contributed by atoms with E-state index in [-0.39, 0.29) is 0 Å². The van der Waals surface area contributed by atoms with Gasteiger partial charge in [0.25, 0.3) is 0 Å². The highest BCUT2D eigenvalue weighted by Crippen LogP contribution is 2.15. The summed E-state index contributed by atoms with van der Waals surface area (Å²) >= 11 is 0. The van der Waals surface area contributed by atoms with Gasteiger partial charge in [-0.05, 0) is 38.8 Å². The zero-order valence-electron chi connectivity index (χ0n) is 26.4. The number of hydrogen-bond acceptors (Lipinski definition) is 4. The maximum atomic E-state index is 10.5. The number of carboxylic acid groups (broad SMARTS) is 2. The third-order valence-corrected chi connectivity index (χ3v) is 8.18. The molecule has 0 rings (SSSR count). The minimum absolute atomic E-state index is 0.329. The summed E-state index contributed by atoms with van der Waals surface area (Å²) in [5.74, 6) is -1.33. The molecule has 0 fully saturated rings. The van der Waals surface area contributed by atoms with Crippen LogP contribution in [0.1, 0.15) is 180 Å². The highest BCUT2D eigenvalue weighted by atomic mass is 16.4. The summed E-state index contributed by atoms with van der Waals surface area (Å²) in [6.07, 6.45) is 33.7. The van der Waals surface area contributed by atoms with Gasteiger partial charge in [0.15, 0.2) is 0 Å². The Balaban J connectivity index is 3.38. The molecule has 0 spiro atoms. The molecule has 0 aliphatic carbocycles. The van der Waals surface area contributed by atoms with Crippen molar-refractivity contribution in [3.63, 3.8) is 0 Å². The fraction of sp³-hybridized carbons (Fsp3) is 0.941. The molecular weight excluding hydrogens is 500 g/mol. The van der Waals surface area contributed by atoms with E-state index in [2.05, 4.69) is 4.90 Å². The quantitative estimate of drug-likeness (QED) is 0.0668. The summed E-state index contributed by atoms with van der Waals surface area (Å²) in [5, 5.41) is 17.3. The van der Waals surface area contributed by atoms with Gasteiger partial charge in [-0.2, -0.15) is 0 Å². The first-order valence-corrected chi connectivity index (χ1v) is 17.4. The van der Waals surface area contributed by atoms with Crippen molar-refractivity contribution in [1.82, 2.24) is 4.90 Å². The van der Waals surface area contributed by atoms with Crippen molar-refractivity contribution in [2.45, 2.75) is 180 Å². The molecule has 0 saturated heterocycles. The number of hydrogen-bond donors (Lipinski definition) is 3. The van der Waals surface area contributed by atoms with Crippen LogP contribution in [0, 0.1) is 0 Å². The Morgan fingerprint density at radius 3 is 0.825 bits per heavy atom.